The van der Waals surface area contributed by atoms with Gasteiger partial charge >= 0.3 is 0 Å². The molecule has 0 aromatic heterocycles. The Kier molecular flexibility index (Phi) is 4.51. The molecule has 1 fully saturated rings. The maximum Gasteiger partial charge on any atom is 0.234 e. The highest BCUT2D eigenvalue weighted by Crippen LogP contribution is 2.18. The number of hydrogen-bond donors (Lipinski definition) is 2. The van der Waals surface area contributed by atoms with Gasteiger partial charge in [-0.1, -0.05) is 55.3 Å². The molecule has 2 aromatic rings. The molecule has 21 heavy (non-hydrogen) atoms. The molecule has 2 aromatic carbocycles. The Morgan fingerprint density at radius 2 is 1.81 bits per heavy atom. The molecule has 0 bridgehead atoms. The van der Waals surface area contributed by atoms with Crippen LogP contribution >= 0.6 is 0 Å². The minimum absolute atomic E-state index is 0.113. The average Bonchev–Trinajstić information content (AvgIpc) is 3.00. The Morgan fingerprint density at radius 3 is 2.67 bits per heavy atom. The van der Waals surface area contributed by atoms with Crippen molar-refractivity contribution in [2.24, 2.45) is 0 Å². The SMILES string of the molecule is O=C(CNCc1cccc2ccccc12)NC1CCCC1. The van der Waals surface area contributed by atoms with Crippen LogP contribution < -0.4 is 10.6 Å². The van der Waals surface area contributed by atoms with Crippen molar-refractivity contribution >= 4 is 16.7 Å². The first kappa shape index (κ1) is 14.1. The Balaban J connectivity index is 1.53. The van der Waals surface area contributed by atoms with Crippen molar-refractivity contribution in [2.75, 3.05) is 6.54 Å². The molecule has 1 aliphatic carbocycles. The highest BCUT2D eigenvalue weighted by Gasteiger charge is 2.16. The van der Waals surface area contributed by atoms with Crippen LogP contribution in [0, 0.1) is 0 Å². The second-order valence-electron chi connectivity index (χ2n) is 5.79. The molecule has 0 spiro atoms. The number of nitrogens with one attached hydrogen (secondary N) is 2. The van der Waals surface area contributed by atoms with Gasteiger partial charge in [0.05, 0.1) is 6.54 Å². The lowest BCUT2D eigenvalue weighted by molar-refractivity contribution is -0.120. The lowest BCUT2D eigenvalue weighted by Gasteiger charge is -2.13. The van der Waals surface area contributed by atoms with E-state index in [0.29, 0.717) is 12.6 Å². The molecule has 1 saturated carbocycles. The van der Waals surface area contributed by atoms with Gasteiger partial charge in [-0.3, -0.25) is 4.79 Å². The first-order valence-corrected chi connectivity index (χ1v) is 7.79. The molecule has 2 N–H and O–H groups in total. The summed E-state index contributed by atoms with van der Waals surface area (Å²) in [5.74, 6) is 0.113. The average molecular weight is 282 g/mol. The Labute approximate surface area is 125 Å². The lowest BCUT2D eigenvalue weighted by atomic mass is 10.0. The van der Waals surface area contributed by atoms with Gasteiger partial charge in [-0.05, 0) is 29.2 Å². The first-order chi connectivity index (χ1) is 10.3. The van der Waals surface area contributed by atoms with Gasteiger partial charge in [0, 0.05) is 12.6 Å². The van der Waals surface area contributed by atoms with Crippen molar-refractivity contribution < 1.29 is 4.79 Å². The molecule has 0 saturated heterocycles. The maximum absolute atomic E-state index is 11.9. The van der Waals surface area contributed by atoms with Crippen LogP contribution in [0.1, 0.15) is 31.2 Å². The van der Waals surface area contributed by atoms with Gasteiger partial charge in [-0.25, -0.2) is 0 Å². The van der Waals surface area contributed by atoms with E-state index in [4.69, 9.17) is 0 Å². The molecular weight excluding hydrogens is 260 g/mol. The summed E-state index contributed by atoms with van der Waals surface area (Å²) in [7, 11) is 0. The van der Waals surface area contributed by atoms with Crippen LogP contribution in [0.25, 0.3) is 10.8 Å². The zero-order valence-electron chi connectivity index (χ0n) is 12.3. The summed E-state index contributed by atoms with van der Waals surface area (Å²) in [6, 6.07) is 15.1. The molecule has 3 rings (SSSR count). The number of carbonyl (C=O) groups is 1. The molecular formula is C18H22N2O. The molecule has 3 heteroatoms. The van der Waals surface area contributed by atoms with Crippen LogP contribution in [0.3, 0.4) is 0 Å². The second-order valence-corrected chi connectivity index (χ2v) is 5.79. The predicted octanol–water partition coefficient (Wildman–Crippen LogP) is 2.99. The van der Waals surface area contributed by atoms with Crippen molar-refractivity contribution in [3.05, 3.63) is 48.0 Å². The molecule has 0 atom stereocenters. The van der Waals surface area contributed by atoms with E-state index in [0.717, 1.165) is 19.4 Å². The summed E-state index contributed by atoms with van der Waals surface area (Å²) >= 11 is 0. The largest absolute Gasteiger partial charge is 0.352 e. The molecule has 0 aliphatic heterocycles. The first-order valence-electron chi connectivity index (χ1n) is 7.79. The summed E-state index contributed by atoms with van der Waals surface area (Å²) in [6.07, 6.45) is 4.76. The number of carbonyl (C=O) groups excluding carboxylic acids is 1. The fourth-order valence-corrected chi connectivity index (χ4v) is 3.11. The van der Waals surface area contributed by atoms with E-state index in [1.807, 2.05) is 0 Å². The van der Waals surface area contributed by atoms with Gasteiger partial charge in [0.1, 0.15) is 0 Å². The predicted molar refractivity (Wildman–Crippen MR) is 86.1 cm³/mol. The molecule has 3 nitrogen and oxygen atoms in total. The van der Waals surface area contributed by atoms with E-state index in [9.17, 15) is 4.79 Å². The summed E-state index contributed by atoms with van der Waals surface area (Å²) in [6.45, 7) is 1.11. The number of fused-ring (bicyclic) bond motifs is 1. The van der Waals surface area contributed by atoms with Gasteiger partial charge in [-0.2, -0.15) is 0 Å². The second kappa shape index (κ2) is 6.72. The van der Waals surface area contributed by atoms with Gasteiger partial charge in [0.2, 0.25) is 5.91 Å². The van der Waals surface area contributed by atoms with E-state index in [2.05, 4.69) is 53.1 Å². The normalized spacial score (nSPS) is 15.4. The van der Waals surface area contributed by atoms with E-state index < -0.39 is 0 Å². The van der Waals surface area contributed by atoms with Crippen molar-refractivity contribution in [3.8, 4) is 0 Å². The minimum Gasteiger partial charge on any atom is -0.352 e. The summed E-state index contributed by atoms with van der Waals surface area (Å²) in [4.78, 5) is 11.9. The molecule has 110 valence electrons. The Morgan fingerprint density at radius 1 is 1.05 bits per heavy atom. The zero-order valence-corrected chi connectivity index (χ0v) is 12.3. The molecule has 1 aliphatic rings. The van der Waals surface area contributed by atoms with Crippen LogP contribution in [0.15, 0.2) is 42.5 Å². The van der Waals surface area contributed by atoms with Crippen LogP contribution in [-0.4, -0.2) is 18.5 Å². The van der Waals surface area contributed by atoms with E-state index in [1.54, 1.807) is 0 Å². The third-order valence-electron chi connectivity index (χ3n) is 4.20. The minimum atomic E-state index is 0.113. The van der Waals surface area contributed by atoms with Crippen LogP contribution in [0.5, 0.6) is 0 Å². The number of rotatable bonds is 5. The third-order valence-corrected chi connectivity index (χ3v) is 4.20. The van der Waals surface area contributed by atoms with Crippen molar-refractivity contribution in [1.29, 1.82) is 0 Å². The number of benzene rings is 2. The molecule has 0 radical (unpaired) electrons. The Bertz CT molecular complexity index is 612. The van der Waals surface area contributed by atoms with Crippen molar-refractivity contribution in [1.82, 2.24) is 10.6 Å². The van der Waals surface area contributed by atoms with E-state index in [-0.39, 0.29) is 5.91 Å². The van der Waals surface area contributed by atoms with E-state index >= 15 is 0 Å². The van der Waals surface area contributed by atoms with Crippen LogP contribution in [0.4, 0.5) is 0 Å². The summed E-state index contributed by atoms with van der Waals surface area (Å²) < 4.78 is 0. The number of hydrogen-bond acceptors (Lipinski definition) is 2. The van der Waals surface area contributed by atoms with E-state index in [1.165, 1.54) is 29.2 Å². The fraction of sp³-hybridized carbons (Fsp3) is 0.389. The highest BCUT2D eigenvalue weighted by atomic mass is 16.1. The van der Waals surface area contributed by atoms with Crippen molar-refractivity contribution in [2.45, 2.75) is 38.3 Å². The van der Waals surface area contributed by atoms with Gasteiger partial charge in [-0.15, -0.1) is 0 Å². The smallest absolute Gasteiger partial charge is 0.234 e. The molecule has 0 unspecified atom stereocenters. The van der Waals surface area contributed by atoms with Gasteiger partial charge in [0.15, 0.2) is 0 Å². The molecule has 1 amide bonds. The standard InChI is InChI=1S/C18H22N2O/c21-18(20-16-9-2-3-10-16)13-19-12-15-8-5-7-14-6-1-4-11-17(14)15/h1,4-8,11,16,19H,2-3,9-10,12-13H2,(H,20,21). The zero-order chi connectivity index (χ0) is 14.5. The van der Waals surface area contributed by atoms with Crippen molar-refractivity contribution in [3.63, 3.8) is 0 Å². The monoisotopic (exact) mass is 282 g/mol. The van der Waals surface area contributed by atoms with Gasteiger partial charge in [0.25, 0.3) is 0 Å². The quantitative estimate of drug-likeness (QED) is 0.885. The summed E-state index contributed by atoms with van der Waals surface area (Å²) in [5.41, 5.74) is 1.24. The Hall–Kier alpha value is -1.87. The van der Waals surface area contributed by atoms with Crippen LogP contribution in [-0.2, 0) is 11.3 Å². The fourth-order valence-electron chi connectivity index (χ4n) is 3.11. The van der Waals surface area contributed by atoms with Gasteiger partial charge < -0.3 is 10.6 Å². The maximum atomic E-state index is 11.9. The highest BCUT2D eigenvalue weighted by molar-refractivity contribution is 5.85. The number of amides is 1. The lowest BCUT2D eigenvalue weighted by Crippen LogP contribution is -2.38. The summed E-state index contributed by atoms with van der Waals surface area (Å²) in [5, 5.41) is 8.85. The third kappa shape index (κ3) is 3.61. The van der Waals surface area contributed by atoms with Crippen LogP contribution in [0.2, 0.25) is 0 Å². The topological polar surface area (TPSA) is 41.1 Å². The molecule has 0 heterocycles.